The Morgan fingerprint density at radius 3 is 1.23 bits per heavy atom. The summed E-state index contributed by atoms with van der Waals surface area (Å²) >= 11 is 37.8. The second-order valence-electron chi connectivity index (χ2n) is 10.1. The van der Waals surface area contributed by atoms with Crippen molar-refractivity contribution in [2.45, 2.75) is 25.5 Å². The molecule has 0 aliphatic carbocycles. The Morgan fingerprint density at radius 2 is 0.909 bits per heavy atom. The fourth-order valence-corrected chi connectivity index (χ4v) is 7.17. The number of alkyl halides is 6. The summed E-state index contributed by atoms with van der Waals surface area (Å²) in [5, 5.41) is -0.680. The Hall–Kier alpha value is -1.96. The van der Waals surface area contributed by atoms with Gasteiger partial charge in [-0.05, 0) is 83.3 Å². The first-order valence-corrected chi connectivity index (χ1v) is 16.7. The standard InChI is InChI=1S/C17H19Cl3O2Si.C16H15Cl3O2/c1-11-10-14(22-3)8-9-15(11)16(23,17(18,19)20)12-4-6-13(21-2)7-5-12;1-20-13-7-3-11(4-8-13)15(16(17,18)19)12-5-9-14(21-2)10-6-12/h4-10H,1-3,23H3;3-10,15H,1-2H3. The maximum atomic E-state index is 6.43. The molecule has 4 aromatic carbocycles. The van der Waals surface area contributed by atoms with Crippen LogP contribution in [-0.4, -0.2) is 46.3 Å². The van der Waals surface area contributed by atoms with Gasteiger partial charge in [-0.15, -0.1) is 0 Å². The van der Waals surface area contributed by atoms with Crippen LogP contribution < -0.4 is 18.9 Å². The maximum Gasteiger partial charge on any atom is 0.201 e. The zero-order chi connectivity index (χ0) is 32.7. The highest BCUT2D eigenvalue weighted by Gasteiger charge is 2.47. The van der Waals surface area contributed by atoms with Crippen molar-refractivity contribution in [1.29, 1.82) is 0 Å². The highest BCUT2D eigenvalue weighted by atomic mass is 35.6. The van der Waals surface area contributed by atoms with E-state index in [1.807, 2.05) is 97.9 Å². The van der Waals surface area contributed by atoms with Gasteiger partial charge in [0.1, 0.15) is 23.0 Å². The molecule has 0 radical (unpaired) electrons. The Bertz CT molecular complexity index is 1440. The van der Waals surface area contributed by atoms with Gasteiger partial charge in [-0.25, -0.2) is 0 Å². The summed E-state index contributed by atoms with van der Waals surface area (Å²) in [6.07, 6.45) is 0. The van der Waals surface area contributed by atoms with Crippen LogP contribution in [0.25, 0.3) is 0 Å². The van der Waals surface area contributed by atoms with Crippen LogP contribution in [0.5, 0.6) is 23.0 Å². The number of benzene rings is 4. The van der Waals surface area contributed by atoms with Crippen molar-refractivity contribution in [2.24, 2.45) is 0 Å². The predicted molar refractivity (Wildman–Crippen MR) is 190 cm³/mol. The van der Waals surface area contributed by atoms with E-state index in [2.05, 4.69) is 0 Å². The average Bonchev–Trinajstić information content (AvgIpc) is 3.00. The highest BCUT2D eigenvalue weighted by molar-refractivity contribution is 6.71. The molecule has 4 aromatic rings. The average molecular weight is 735 g/mol. The lowest BCUT2D eigenvalue weighted by atomic mass is 9.88. The number of ether oxygens (including phenoxy) is 4. The summed E-state index contributed by atoms with van der Waals surface area (Å²) in [5.74, 6) is 2.70. The first kappa shape index (κ1) is 36.5. The van der Waals surface area contributed by atoms with E-state index in [1.54, 1.807) is 28.4 Å². The van der Waals surface area contributed by atoms with Crippen molar-refractivity contribution in [3.8, 4) is 23.0 Å². The molecule has 0 aliphatic heterocycles. The molecule has 236 valence electrons. The maximum absolute atomic E-state index is 6.43. The van der Waals surface area contributed by atoms with Crippen LogP contribution in [0.3, 0.4) is 0 Å². The van der Waals surface area contributed by atoms with Crippen LogP contribution in [0.15, 0.2) is 91.0 Å². The third-order valence-corrected chi connectivity index (χ3v) is 12.0. The molecule has 0 N–H and O–H groups in total. The van der Waals surface area contributed by atoms with Gasteiger partial charge in [0.15, 0.2) is 0 Å². The first-order chi connectivity index (χ1) is 20.7. The molecular weight excluding hydrogens is 701 g/mol. The van der Waals surface area contributed by atoms with E-state index < -0.39 is 12.6 Å². The first-order valence-electron chi connectivity index (χ1n) is 13.4. The van der Waals surface area contributed by atoms with E-state index in [9.17, 15) is 0 Å². The Kier molecular flexibility index (Phi) is 12.9. The molecule has 0 saturated heterocycles. The predicted octanol–water partition coefficient (Wildman–Crippen LogP) is 9.20. The van der Waals surface area contributed by atoms with Gasteiger partial charge < -0.3 is 18.9 Å². The minimum Gasteiger partial charge on any atom is -0.497 e. The molecule has 0 heterocycles. The quantitative estimate of drug-likeness (QED) is 0.134. The van der Waals surface area contributed by atoms with Crippen LogP contribution >= 0.6 is 69.6 Å². The van der Waals surface area contributed by atoms with Crippen molar-refractivity contribution in [1.82, 2.24) is 0 Å². The minimum absolute atomic E-state index is 0.376. The zero-order valence-corrected chi connectivity index (χ0v) is 31.7. The van der Waals surface area contributed by atoms with E-state index >= 15 is 0 Å². The summed E-state index contributed by atoms with van der Waals surface area (Å²) in [6, 6.07) is 28.5. The molecule has 4 nitrogen and oxygen atoms in total. The lowest BCUT2D eigenvalue weighted by molar-refractivity contribution is 0.414. The van der Waals surface area contributed by atoms with Crippen LogP contribution in [0.1, 0.15) is 33.7 Å². The molecule has 1 unspecified atom stereocenters. The van der Waals surface area contributed by atoms with Crippen molar-refractivity contribution < 1.29 is 18.9 Å². The van der Waals surface area contributed by atoms with Gasteiger partial charge >= 0.3 is 0 Å². The minimum atomic E-state index is -1.47. The van der Waals surface area contributed by atoms with Gasteiger partial charge in [0, 0.05) is 10.2 Å². The van der Waals surface area contributed by atoms with E-state index in [1.165, 1.54) is 0 Å². The molecule has 0 spiro atoms. The fourth-order valence-electron chi connectivity index (χ4n) is 4.88. The third-order valence-electron chi connectivity index (χ3n) is 7.43. The molecule has 0 saturated carbocycles. The van der Waals surface area contributed by atoms with Crippen LogP contribution in [0.2, 0.25) is 0 Å². The summed E-state index contributed by atoms with van der Waals surface area (Å²) < 4.78 is 17.9. The third kappa shape index (κ3) is 8.64. The lowest BCUT2D eigenvalue weighted by Crippen LogP contribution is -2.42. The van der Waals surface area contributed by atoms with Crippen molar-refractivity contribution in [3.63, 3.8) is 0 Å². The molecule has 4 rings (SSSR count). The van der Waals surface area contributed by atoms with E-state index in [0.29, 0.717) is 10.2 Å². The van der Waals surface area contributed by atoms with E-state index in [0.717, 1.165) is 50.8 Å². The fraction of sp³-hybridized carbons (Fsp3) is 0.273. The van der Waals surface area contributed by atoms with E-state index in [4.69, 9.17) is 88.6 Å². The van der Waals surface area contributed by atoms with Crippen molar-refractivity contribution in [2.75, 3.05) is 28.4 Å². The largest absolute Gasteiger partial charge is 0.497 e. The van der Waals surface area contributed by atoms with Gasteiger partial charge in [0.25, 0.3) is 0 Å². The molecule has 0 fully saturated rings. The van der Waals surface area contributed by atoms with Gasteiger partial charge in [0.05, 0.1) is 39.4 Å². The molecule has 0 bridgehead atoms. The number of hydrogen-bond acceptors (Lipinski definition) is 4. The van der Waals surface area contributed by atoms with Gasteiger partial charge in [-0.2, -0.15) is 0 Å². The van der Waals surface area contributed by atoms with Gasteiger partial charge in [0.2, 0.25) is 7.59 Å². The molecule has 0 amide bonds. The van der Waals surface area contributed by atoms with Crippen LogP contribution in [0, 0.1) is 6.92 Å². The lowest BCUT2D eigenvalue weighted by Gasteiger charge is -2.38. The molecule has 0 aromatic heterocycles. The summed E-state index contributed by atoms with van der Waals surface area (Å²) in [5.41, 5.74) is 4.79. The number of hydrogen-bond donors (Lipinski definition) is 0. The smallest absolute Gasteiger partial charge is 0.201 e. The highest BCUT2D eigenvalue weighted by Crippen LogP contribution is 2.50. The van der Waals surface area contributed by atoms with Crippen LogP contribution in [-0.2, 0) is 5.04 Å². The topological polar surface area (TPSA) is 36.9 Å². The van der Waals surface area contributed by atoms with Crippen molar-refractivity contribution in [3.05, 3.63) is 119 Å². The number of aryl methyl sites for hydroxylation is 1. The van der Waals surface area contributed by atoms with Crippen molar-refractivity contribution >= 4 is 79.8 Å². The molecule has 44 heavy (non-hydrogen) atoms. The number of methoxy groups -OCH3 is 4. The number of halogens is 6. The second kappa shape index (κ2) is 15.6. The summed E-state index contributed by atoms with van der Waals surface area (Å²) in [6.45, 7) is 2.00. The second-order valence-corrected chi connectivity index (χ2v) is 16.2. The zero-order valence-electron chi connectivity index (χ0n) is 25.1. The summed E-state index contributed by atoms with van der Waals surface area (Å²) in [7, 11) is 7.12. The molecular formula is C33H34Cl6O4Si. The summed E-state index contributed by atoms with van der Waals surface area (Å²) in [4.78, 5) is 0. The number of rotatable bonds is 8. The molecule has 11 heteroatoms. The van der Waals surface area contributed by atoms with Gasteiger partial charge in [-0.1, -0.05) is 112 Å². The van der Waals surface area contributed by atoms with Crippen LogP contribution in [0.4, 0.5) is 0 Å². The Labute approximate surface area is 292 Å². The van der Waals surface area contributed by atoms with Gasteiger partial charge in [-0.3, -0.25) is 0 Å². The Balaban J connectivity index is 0.000000241. The normalized spacial score (nSPS) is 13.0. The Morgan fingerprint density at radius 1 is 0.545 bits per heavy atom. The van der Waals surface area contributed by atoms with E-state index in [-0.39, 0.29) is 5.92 Å². The molecule has 0 aliphatic rings. The molecule has 1 atom stereocenters. The monoisotopic (exact) mass is 732 g/mol. The SMILES string of the molecule is COc1ccc(C([SiH3])(c2ccc(OC)cc2C)C(Cl)(Cl)Cl)cc1.COc1ccc(C(c2ccc(OC)cc2)C(Cl)(Cl)Cl)cc1.